The van der Waals surface area contributed by atoms with Crippen molar-refractivity contribution in [1.82, 2.24) is 5.32 Å². The summed E-state index contributed by atoms with van der Waals surface area (Å²) in [7, 11) is 0. The van der Waals surface area contributed by atoms with Gasteiger partial charge in [0, 0.05) is 12.6 Å². The molecule has 0 heterocycles. The predicted molar refractivity (Wildman–Crippen MR) is 72.0 cm³/mol. The fourth-order valence-electron chi connectivity index (χ4n) is 2.94. The van der Waals surface area contributed by atoms with Gasteiger partial charge in [-0.1, -0.05) is 12.1 Å². The Morgan fingerprint density at radius 2 is 2.22 bits per heavy atom. The van der Waals surface area contributed by atoms with E-state index >= 15 is 0 Å². The van der Waals surface area contributed by atoms with Crippen molar-refractivity contribution in [2.75, 3.05) is 6.54 Å². The molecule has 1 aromatic rings. The number of nitrogens with one attached hydrogen (secondary N) is 1. The average Bonchev–Trinajstić information content (AvgIpc) is 3.28. The maximum Gasteiger partial charge on any atom is 0.0991 e. The quantitative estimate of drug-likeness (QED) is 0.856. The van der Waals surface area contributed by atoms with E-state index in [1.54, 1.807) is 0 Å². The molecule has 0 aliphatic heterocycles. The number of hydrogen-bond donors (Lipinski definition) is 1. The van der Waals surface area contributed by atoms with Crippen LogP contribution < -0.4 is 5.32 Å². The fourth-order valence-corrected chi connectivity index (χ4v) is 2.94. The summed E-state index contributed by atoms with van der Waals surface area (Å²) in [6.45, 7) is 3.34. The topological polar surface area (TPSA) is 35.8 Å². The summed E-state index contributed by atoms with van der Waals surface area (Å²) in [5.41, 5.74) is 2.62. The highest BCUT2D eigenvalue weighted by atomic mass is 14.9. The summed E-state index contributed by atoms with van der Waals surface area (Å²) < 4.78 is 0. The lowest BCUT2D eigenvalue weighted by Crippen LogP contribution is -2.28. The van der Waals surface area contributed by atoms with Crippen molar-refractivity contribution in [3.8, 4) is 6.07 Å². The van der Waals surface area contributed by atoms with Crippen molar-refractivity contribution in [1.29, 1.82) is 5.26 Å². The van der Waals surface area contributed by atoms with Gasteiger partial charge < -0.3 is 5.32 Å². The van der Waals surface area contributed by atoms with Crippen LogP contribution in [-0.2, 0) is 0 Å². The maximum atomic E-state index is 8.92. The summed E-state index contributed by atoms with van der Waals surface area (Å²) in [6, 6.07) is 10.5. The standard InChI is InChI=1S/C16H20N2/c1-12(14-4-2-3-13(9-14)10-17)18-11-16(7-8-16)15-5-6-15/h2-4,9,12,15,18H,5-8,11H2,1H3. The molecule has 1 aromatic carbocycles. The van der Waals surface area contributed by atoms with Crippen molar-refractivity contribution in [2.24, 2.45) is 11.3 Å². The van der Waals surface area contributed by atoms with E-state index in [0.717, 1.165) is 18.0 Å². The van der Waals surface area contributed by atoms with E-state index < -0.39 is 0 Å². The molecule has 2 saturated carbocycles. The minimum atomic E-state index is 0.342. The highest BCUT2D eigenvalue weighted by Gasteiger charge is 2.53. The summed E-state index contributed by atoms with van der Waals surface area (Å²) in [5.74, 6) is 1.00. The van der Waals surface area contributed by atoms with Crippen LogP contribution in [0.4, 0.5) is 0 Å². The number of hydrogen-bond acceptors (Lipinski definition) is 2. The maximum absolute atomic E-state index is 8.92. The third-order valence-electron chi connectivity index (χ3n) is 4.61. The van der Waals surface area contributed by atoms with Crippen LogP contribution in [-0.4, -0.2) is 6.54 Å². The number of benzene rings is 1. The Labute approximate surface area is 109 Å². The second kappa shape index (κ2) is 4.40. The molecule has 2 fully saturated rings. The first-order valence-corrected chi connectivity index (χ1v) is 6.97. The summed E-state index contributed by atoms with van der Waals surface area (Å²) in [6.07, 6.45) is 5.71. The monoisotopic (exact) mass is 240 g/mol. The van der Waals surface area contributed by atoms with Gasteiger partial charge in [0.1, 0.15) is 0 Å². The Hall–Kier alpha value is -1.33. The molecule has 18 heavy (non-hydrogen) atoms. The molecule has 0 spiro atoms. The van der Waals surface area contributed by atoms with Gasteiger partial charge in [0.25, 0.3) is 0 Å². The minimum Gasteiger partial charge on any atom is -0.310 e. The Morgan fingerprint density at radius 1 is 1.44 bits per heavy atom. The van der Waals surface area contributed by atoms with Crippen LogP contribution in [0.2, 0.25) is 0 Å². The largest absolute Gasteiger partial charge is 0.310 e. The highest BCUT2D eigenvalue weighted by Crippen LogP contribution is 2.60. The molecular weight excluding hydrogens is 220 g/mol. The fraction of sp³-hybridized carbons (Fsp3) is 0.562. The van der Waals surface area contributed by atoms with Crippen LogP contribution >= 0.6 is 0 Å². The van der Waals surface area contributed by atoms with Crippen LogP contribution in [0.5, 0.6) is 0 Å². The van der Waals surface area contributed by atoms with Crippen LogP contribution in [0.25, 0.3) is 0 Å². The van der Waals surface area contributed by atoms with Crippen molar-refractivity contribution in [2.45, 2.75) is 38.6 Å². The average molecular weight is 240 g/mol. The van der Waals surface area contributed by atoms with Crippen LogP contribution in [0.15, 0.2) is 24.3 Å². The summed E-state index contributed by atoms with van der Waals surface area (Å²) >= 11 is 0. The molecule has 1 unspecified atom stereocenters. The first kappa shape index (κ1) is 11.7. The SMILES string of the molecule is CC(NCC1(C2CC2)CC1)c1cccc(C#N)c1. The van der Waals surface area contributed by atoms with E-state index in [0.29, 0.717) is 11.5 Å². The molecule has 0 bridgehead atoms. The van der Waals surface area contributed by atoms with Crippen LogP contribution in [0.3, 0.4) is 0 Å². The molecule has 1 atom stereocenters. The lowest BCUT2D eigenvalue weighted by Gasteiger charge is -2.20. The van der Waals surface area contributed by atoms with Gasteiger partial charge in [-0.2, -0.15) is 5.26 Å². The number of nitrogens with zero attached hydrogens (tertiary/aromatic N) is 1. The molecule has 0 saturated heterocycles. The van der Waals surface area contributed by atoms with Crippen LogP contribution in [0, 0.1) is 22.7 Å². The molecular formula is C16H20N2. The molecule has 2 aliphatic carbocycles. The van der Waals surface area contributed by atoms with Crippen molar-refractivity contribution < 1.29 is 0 Å². The van der Waals surface area contributed by atoms with Crippen molar-refractivity contribution in [3.05, 3.63) is 35.4 Å². The Bertz CT molecular complexity index is 478. The van der Waals surface area contributed by atoms with Crippen molar-refractivity contribution in [3.63, 3.8) is 0 Å². The molecule has 0 aromatic heterocycles. The number of nitriles is 1. The number of rotatable bonds is 5. The second-order valence-electron chi connectivity index (χ2n) is 5.98. The first-order valence-electron chi connectivity index (χ1n) is 6.97. The van der Waals surface area contributed by atoms with Gasteiger partial charge in [-0.3, -0.25) is 0 Å². The molecule has 2 nitrogen and oxygen atoms in total. The second-order valence-corrected chi connectivity index (χ2v) is 5.98. The Morgan fingerprint density at radius 3 is 2.83 bits per heavy atom. The Kier molecular flexibility index (Phi) is 2.87. The normalized spacial score (nSPS) is 22.2. The van der Waals surface area contributed by atoms with Gasteiger partial charge in [0.05, 0.1) is 11.6 Å². The van der Waals surface area contributed by atoms with E-state index in [9.17, 15) is 0 Å². The van der Waals surface area contributed by atoms with Gasteiger partial charge in [-0.15, -0.1) is 0 Å². The lowest BCUT2D eigenvalue weighted by molar-refractivity contribution is 0.382. The van der Waals surface area contributed by atoms with E-state index in [1.807, 2.05) is 18.2 Å². The molecule has 0 radical (unpaired) electrons. The molecule has 1 N–H and O–H groups in total. The molecule has 2 heteroatoms. The molecule has 3 rings (SSSR count). The lowest BCUT2D eigenvalue weighted by atomic mass is 9.99. The highest BCUT2D eigenvalue weighted by molar-refractivity contribution is 5.34. The van der Waals surface area contributed by atoms with E-state index in [1.165, 1.54) is 31.2 Å². The zero-order valence-electron chi connectivity index (χ0n) is 10.9. The van der Waals surface area contributed by atoms with Gasteiger partial charge >= 0.3 is 0 Å². The van der Waals surface area contributed by atoms with Gasteiger partial charge in [0.2, 0.25) is 0 Å². The summed E-state index contributed by atoms with van der Waals surface area (Å²) in [5, 5.41) is 12.6. The third-order valence-corrected chi connectivity index (χ3v) is 4.61. The zero-order chi connectivity index (χ0) is 12.6. The van der Waals surface area contributed by atoms with Crippen LogP contribution in [0.1, 0.15) is 49.8 Å². The van der Waals surface area contributed by atoms with Gasteiger partial charge in [0.15, 0.2) is 0 Å². The molecule has 0 amide bonds. The third kappa shape index (κ3) is 2.28. The van der Waals surface area contributed by atoms with Gasteiger partial charge in [-0.25, -0.2) is 0 Å². The zero-order valence-corrected chi connectivity index (χ0v) is 10.9. The van der Waals surface area contributed by atoms with E-state index in [4.69, 9.17) is 5.26 Å². The first-order chi connectivity index (χ1) is 8.73. The van der Waals surface area contributed by atoms with E-state index in [2.05, 4.69) is 24.4 Å². The molecule has 94 valence electrons. The summed E-state index contributed by atoms with van der Waals surface area (Å²) in [4.78, 5) is 0. The van der Waals surface area contributed by atoms with Gasteiger partial charge in [-0.05, 0) is 61.6 Å². The molecule has 2 aliphatic rings. The van der Waals surface area contributed by atoms with E-state index in [-0.39, 0.29) is 0 Å². The Balaban J connectivity index is 1.60. The van der Waals surface area contributed by atoms with Crippen molar-refractivity contribution >= 4 is 0 Å². The minimum absolute atomic E-state index is 0.342. The predicted octanol–water partition coefficient (Wildman–Crippen LogP) is 3.40. The smallest absolute Gasteiger partial charge is 0.0991 e.